The summed E-state index contributed by atoms with van der Waals surface area (Å²) >= 11 is 0. The zero-order chi connectivity index (χ0) is 14.4. The largest absolute Gasteiger partial charge is 0.337 e. The second kappa shape index (κ2) is 4.19. The Morgan fingerprint density at radius 2 is 2.05 bits per heavy atom. The molecule has 0 saturated heterocycles. The third kappa shape index (κ3) is 1.77. The van der Waals surface area contributed by atoms with Crippen LogP contribution in [0.5, 0.6) is 0 Å². The molecule has 0 unspecified atom stereocenters. The fraction of sp³-hybridized carbons (Fsp3) is 0.167. The van der Waals surface area contributed by atoms with Gasteiger partial charge < -0.3 is 4.52 Å². The zero-order valence-corrected chi connectivity index (χ0v) is 10.2. The van der Waals surface area contributed by atoms with Crippen LogP contribution in [-0.2, 0) is 11.3 Å². The molecule has 2 heterocycles. The van der Waals surface area contributed by atoms with E-state index in [1.54, 1.807) is 6.92 Å². The Kier molecular flexibility index (Phi) is 2.60. The van der Waals surface area contributed by atoms with Gasteiger partial charge in [-0.25, -0.2) is 8.78 Å². The maximum absolute atomic E-state index is 13.6. The second-order valence-electron chi connectivity index (χ2n) is 4.24. The van der Waals surface area contributed by atoms with Crippen LogP contribution in [0.15, 0.2) is 16.7 Å². The number of amides is 1. The Morgan fingerprint density at radius 1 is 1.30 bits per heavy atom. The smallest absolute Gasteiger partial charge is 0.300 e. The lowest BCUT2D eigenvalue weighted by Crippen LogP contribution is -2.29. The van der Waals surface area contributed by atoms with Crippen LogP contribution in [0.25, 0.3) is 0 Å². The standard InChI is InChI=1S/C12H7F2N3O3/c1-5-15-9(20-16-5)4-17-8-3-6(13)2-7(14)10(8)11(18)12(17)19/h2-3H,4H2,1H3. The first-order chi connectivity index (χ1) is 9.47. The van der Waals surface area contributed by atoms with E-state index in [9.17, 15) is 18.4 Å². The van der Waals surface area contributed by atoms with Crippen molar-refractivity contribution < 1.29 is 22.9 Å². The van der Waals surface area contributed by atoms with Gasteiger partial charge in [-0.1, -0.05) is 5.16 Å². The molecule has 1 aromatic heterocycles. The van der Waals surface area contributed by atoms with Crippen molar-refractivity contribution in [3.63, 3.8) is 0 Å². The molecule has 0 saturated carbocycles. The summed E-state index contributed by atoms with van der Waals surface area (Å²) < 4.78 is 31.7. The lowest BCUT2D eigenvalue weighted by atomic mass is 10.1. The number of rotatable bonds is 2. The average molecular weight is 279 g/mol. The molecule has 2 aromatic rings. The first-order valence-electron chi connectivity index (χ1n) is 5.62. The molecule has 0 aliphatic carbocycles. The third-order valence-corrected chi connectivity index (χ3v) is 2.85. The topological polar surface area (TPSA) is 76.3 Å². The lowest BCUT2D eigenvalue weighted by Gasteiger charge is -2.13. The maximum atomic E-state index is 13.6. The molecule has 0 fully saturated rings. The highest BCUT2D eigenvalue weighted by molar-refractivity contribution is 6.52. The Hall–Kier alpha value is -2.64. The van der Waals surface area contributed by atoms with Crippen molar-refractivity contribution in [2.75, 3.05) is 4.90 Å². The second-order valence-corrected chi connectivity index (χ2v) is 4.24. The summed E-state index contributed by atoms with van der Waals surface area (Å²) in [5.74, 6) is -3.50. The van der Waals surface area contributed by atoms with E-state index in [1.165, 1.54) is 0 Å². The number of carbonyl (C=O) groups excluding carboxylic acids is 2. The van der Waals surface area contributed by atoms with Crippen molar-refractivity contribution >= 4 is 17.4 Å². The summed E-state index contributed by atoms with van der Waals surface area (Å²) in [7, 11) is 0. The molecule has 0 N–H and O–H groups in total. The number of carbonyl (C=O) groups is 2. The van der Waals surface area contributed by atoms with Crippen LogP contribution in [0.3, 0.4) is 0 Å². The van der Waals surface area contributed by atoms with Crippen LogP contribution in [0.1, 0.15) is 22.1 Å². The summed E-state index contributed by atoms with van der Waals surface area (Å²) in [6.07, 6.45) is 0. The van der Waals surface area contributed by atoms with E-state index < -0.39 is 28.9 Å². The van der Waals surface area contributed by atoms with Crippen molar-refractivity contribution in [2.45, 2.75) is 13.5 Å². The van der Waals surface area contributed by atoms with Gasteiger partial charge in [0.25, 0.3) is 11.7 Å². The zero-order valence-electron chi connectivity index (χ0n) is 10.2. The van der Waals surface area contributed by atoms with E-state index >= 15 is 0 Å². The molecule has 0 bridgehead atoms. The van der Waals surface area contributed by atoms with Gasteiger partial charge in [-0.15, -0.1) is 0 Å². The predicted octanol–water partition coefficient (Wildman–Crippen LogP) is 1.39. The van der Waals surface area contributed by atoms with Gasteiger partial charge in [0.2, 0.25) is 5.89 Å². The van der Waals surface area contributed by atoms with E-state index in [0.717, 1.165) is 11.0 Å². The van der Waals surface area contributed by atoms with Crippen molar-refractivity contribution in [3.05, 3.63) is 41.0 Å². The molecule has 0 spiro atoms. The number of fused-ring (bicyclic) bond motifs is 1. The van der Waals surface area contributed by atoms with Crippen molar-refractivity contribution in [2.24, 2.45) is 0 Å². The van der Waals surface area contributed by atoms with Crippen LogP contribution in [0, 0.1) is 18.6 Å². The summed E-state index contributed by atoms with van der Waals surface area (Å²) in [6, 6.07) is 1.48. The number of nitrogens with zero attached hydrogens (tertiary/aromatic N) is 3. The van der Waals surface area contributed by atoms with Crippen LogP contribution >= 0.6 is 0 Å². The molecular formula is C12H7F2N3O3. The maximum Gasteiger partial charge on any atom is 0.300 e. The van der Waals surface area contributed by atoms with E-state index in [0.29, 0.717) is 11.9 Å². The quantitative estimate of drug-likeness (QED) is 0.776. The van der Waals surface area contributed by atoms with Gasteiger partial charge in [0.05, 0.1) is 11.3 Å². The van der Waals surface area contributed by atoms with Crippen LogP contribution < -0.4 is 4.90 Å². The SMILES string of the molecule is Cc1noc(CN2C(=O)C(=O)c3c(F)cc(F)cc32)n1. The number of aromatic nitrogens is 2. The normalized spacial score (nSPS) is 14.1. The van der Waals surface area contributed by atoms with E-state index in [4.69, 9.17) is 4.52 Å². The monoisotopic (exact) mass is 279 g/mol. The number of hydrogen-bond acceptors (Lipinski definition) is 5. The minimum absolute atomic E-state index is 0.0705. The van der Waals surface area contributed by atoms with E-state index in [1.807, 2.05) is 0 Å². The van der Waals surface area contributed by atoms with Gasteiger partial charge in [-0.3, -0.25) is 14.5 Å². The highest BCUT2D eigenvalue weighted by Crippen LogP contribution is 2.32. The van der Waals surface area contributed by atoms with Gasteiger partial charge in [-0.05, 0) is 13.0 Å². The van der Waals surface area contributed by atoms with Crippen molar-refractivity contribution in [1.82, 2.24) is 10.1 Å². The first-order valence-corrected chi connectivity index (χ1v) is 5.62. The Labute approximate surface area is 111 Å². The van der Waals surface area contributed by atoms with Gasteiger partial charge >= 0.3 is 0 Å². The van der Waals surface area contributed by atoms with Gasteiger partial charge in [0, 0.05) is 6.07 Å². The molecule has 8 heteroatoms. The van der Waals surface area contributed by atoms with Crippen molar-refractivity contribution in [3.8, 4) is 0 Å². The molecule has 3 rings (SSSR count). The predicted molar refractivity (Wildman–Crippen MR) is 60.9 cm³/mol. The van der Waals surface area contributed by atoms with Gasteiger partial charge in [0.15, 0.2) is 5.82 Å². The highest BCUT2D eigenvalue weighted by atomic mass is 19.1. The Bertz CT molecular complexity index is 742. The number of halogens is 2. The van der Waals surface area contributed by atoms with Gasteiger partial charge in [-0.2, -0.15) is 4.98 Å². The molecule has 0 radical (unpaired) electrons. The fourth-order valence-corrected chi connectivity index (χ4v) is 2.03. The molecule has 1 aliphatic rings. The summed E-state index contributed by atoms with van der Waals surface area (Å²) in [4.78, 5) is 28.3. The molecule has 1 amide bonds. The minimum Gasteiger partial charge on any atom is -0.337 e. The molecule has 1 aromatic carbocycles. The molecule has 0 atom stereocenters. The molecule has 1 aliphatic heterocycles. The van der Waals surface area contributed by atoms with E-state index in [-0.39, 0.29) is 18.1 Å². The first kappa shape index (κ1) is 12.4. The minimum atomic E-state index is -1.07. The van der Waals surface area contributed by atoms with E-state index in [2.05, 4.69) is 10.1 Å². The Morgan fingerprint density at radius 3 is 2.70 bits per heavy atom. The van der Waals surface area contributed by atoms with Crippen LogP contribution in [-0.4, -0.2) is 21.8 Å². The number of ketones is 1. The lowest BCUT2D eigenvalue weighted by molar-refractivity contribution is -0.114. The molecule has 6 nitrogen and oxygen atoms in total. The third-order valence-electron chi connectivity index (χ3n) is 2.85. The summed E-state index contributed by atoms with van der Waals surface area (Å²) in [5, 5.41) is 3.54. The van der Waals surface area contributed by atoms with Crippen LogP contribution in [0.4, 0.5) is 14.5 Å². The Balaban J connectivity index is 2.06. The number of hydrogen-bond donors (Lipinski definition) is 0. The molecule has 102 valence electrons. The number of aryl methyl sites for hydroxylation is 1. The highest BCUT2D eigenvalue weighted by Gasteiger charge is 2.39. The molecular weight excluding hydrogens is 272 g/mol. The van der Waals surface area contributed by atoms with Crippen molar-refractivity contribution in [1.29, 1.82) is 0 Å². The molecule has 20 heavy (non-hydrogen) atoms. The van der Waals surface area contributed by atoms with Gasteiger partial charge in [0.1, 0.15) is 18.2 Å². The van der Waals surface area contributed by atoms with Crippen LogP contribution in [0.2, 0.25) is 0 Å². The summed E-state index contributed by atoms with van der Waals surface area (Å²) in [5.41, 5.74) is -0.569. The number of anilines is 1. The number of benzene rings is 1. The number of Topliss-reactive ketones (excluding diaryl/α,β-unsaturated/α-hetero) is 1. The average Bonchev–Trinajstić information content (AvgIpc) is 2.87. The fourth-order valence-electron chi connectivity index (χ4n) is 2.03. The summed E-state index contributed by atoms with van der Waals surface area (Å²) in [6.45, 7) is 1.36.